The Morgan fingerprint density at radius 3 is 2.55 bits per heavy atom. The van der Waals surface area contributed by atoms with Gasteiger partial charge in [-0.05, 0) is 91.8 Å². The largest absolute Gasteiger partial charge is 0.497 e. The monoisotopic (exact) mass is 518 g/mol. The lowest BCUT2D eigenvalue weighted by atomic mass is 9.85. The van der Waals surface area contributed by atoms with Crippen LogP contribution in [0.1, 0.15) is 17.5 Å². The van der Waals surface area contributed by atoms with Crippen molar-refractivity contribution in [3.05, 3.63) is 112 Å². The third-order valence-corrected chi connectivity index (χ3v) is 6.96. The van der Waals surface area contributed by atoms with Crippen molar-refractivity contribution in [2.45, 2.75) is 25.4 Å². The molecule has 33 heavy (non-hydrogen) atoms. The molecule has 4 aromatic carbocycles. The first kappa shape index (κ1) is 22.1. The number of rotatable bonds is 2. The highest BCUT2D eigenvalue weighted by Crippen LogP contribution is 2.35. The molecule has 166 valence electrons. The van der Waals surface area contributed by atoms with Gasteiger partial charge in [0.1, 0.15) is 18.5 Å². The van der Waals surface area contributed by atoms with E-state index in [0.717, 1.165) is 36.1 Å². The van der Waals surface area contributed by atoms with E-state index in [9.17, 15) is 0 Å². The molecule has 1 aliphatic heterocycles. The van der Waals surface area contributed by atoms with E-state index >= 15 is 0 Å². The van der Waals surface area contributed by atoms with Gasteiger partial charge in [0.2, 0.25) is 0 Å². The molecule has 0 N–H and O–H groups in total. The zero-order chi connectivity index (χ0) is 22.6. The van der Waals surface area contributed by atoms with Crippen LogP contribution < -0.4 is 4.74 Å². The summed E-state index contributed by atoms with van der Waals surface area (Å²) >= 11 is 9.59. The van der Waals surface area contributed by atoms with Crippen molar-refractivity contribution in [1.82, 2.24) is 0 Å². The maximum absolute atomic E-state index is 6.27. The fourth-order valence-electron chi connectivity index (χ4n) is 4.53. The number of aryl methyl sites for hydroxylation is 1. The number of allylic oxidation sites excluding steroid dienone is 2. The van der Waals surface area contributed by atoms with E-state index in [2.05, 4.69) is 64.5 Å². The fourth-order valence-corrected chi connectivity index (χ4v) is 5.31. The van der Waals surface area contributed by atoms with Crippen molar-refractivity contribution in [1.29, 1.82) is 0 Å². The molecule has 2 nitrogen and oxygen atoms in total. The molecular formula is C29H24BrClO2. The van der Waals surface area contributed by atoms with Crippen molar-refractivity contribution in [3.8, 4) is 5.75 Å². The summed E-state index contributed by atoms with van der Waals surface area (Å²) in [6.07, 6.45) is 10.7. The predicted octanol–water partition coefficient (Wildman–Crippen LogP) is 8.43. The molecular weight excluding hydrogens is 496 g/mol. The highest BCUT2D eigenvalue weighted by atomic mass is 79.9. The molecule has 0 spiro atoms. The Balaban J connectivity index is 0.000000332. The Morgan fingerprint density at radius 1 is 0.909 bits per heavy atom. The van der Waals surface area contributed by atoms with E-state index in [1.54, 1.807) is 6.26 Å². The van der Waals surface area contributed by atoms with Gasteiger partial charge in [0.15, 0.2) is 0 Å². The predicted molar refractivity (Wildman–Crippen MR) is 141 cm³/mol. The zero-order valence-corrected chi connectivity index (χ0v) is 20.5. The molecule has 0 aromatic heterocycles. The maximum atomic E-state index is 6.27. The van der Waals surface area contributed by atoms with Crippen molar-refractivity contribution in [2.24, 2.45) is 0 Å². The lowest BCUT2D eigenvalue weighted by molar-refractivity contribution is 0.184. The zero-order valence-electron chi connectivity index (χ0n) is 18.1. The molecule has 0 amide bonds. The Morgan fingerprint density at radius 2 is 1.79 bits per heavy atom. The Kier molecular flexibility index (Phi) is 6.70. The second kappa shape index (κ2) is 10.0. The SMILES string of the molecule is C1=CCOC=C1.Clc1ccc(OC2CCc3c(ccc4c3ccc3ccccc34)C2)c(Br)c1. The molecule has 6 rings (SSSR count). The summed E-state index contributed by atoms with van der Waals surface area (Å²) < 4.78 is 12.0. The minimum absolute atomic E-state index is 0.188. The molecule has 4 heteroatoms. The van der Waals surface area contributed by atoms with E-state index in [-0.39, 0.29) is 6.10 Å². The number of fused-ring (bicyclic) bond motifs is 5. The van der Waals surface area contributed by atoms with Crippen LogP contribution in [0.5, 0.6) is 5.75 Å². The first-order chi connectivity index (χ1) is 16.2. The van der Waals surface area contributed by atoms with Gasteiger partial charge < -0.3 is 9.47 Å². The van der Waals surface area contributed by atoms with E-state index in [4.69, 9.17) is 21.1 Å². The quantitative estimate of drug-likeness (QED) is 0.247. The lowest BCUT2D eigenvalue weighted by Crippen LogP contribution is -2.25. The van der Waals surface area contributed by atoms with Crippen LogP contribution in [0.25, 0.3) is 21.5 Å². The fraction of sp³-hybridized carbons (Fsp3) is 0.172. The second-order valence-electron chi connectivity index (χ2n) is 8.23. The first-order valence-electron chi connectivity index (χ1n) is 11.2. The third-order valence-electron chi connectivity index (χ3n) is 6.10. The topological polar surface area (TPSA) is 18.5 Å². The first-order valence-corrected chi connectivity index (χ1v) is 12.3. The molecule has 1 atom stereocenters. The summed E-state index contributed by atoms with van der Waals surface area (Å²) in [7, 11) is 0. The van der Waals surface area contributed by atoms with Gasteiger partial charge in [0.25, 0.3) is 0 Å². The van der Waals surface area contributed by atoms with Gasteiger partial charge in [-0.1, -0.05) is 66.2 Å². The molecule has 1 unspecified atom stereocenters. The Hall–Kier alpha value is -2.75. The summed E-state index contributed by atoms with van der Waals surface area (Å²) in [5.41, 5.74) is 2.88. The molecule has 0 radical (unpaired) electrons. The number of benzene rings is 4. The minimum atomic E-state index is 0.188. The lowest BCUT2D eigenvalue weighted by Gasteiger charge is -2.27. The van der Waals surface area contributed by atoms with Crippen molar-refractivity contribution >= 4 is 49.1 Å². The molecule has 0 saturated heterocycles. The van der Waals surface area contributed by atoms with Gasteiger partial charge in [0.05, 0.1) is 10.7 Å². The van der Waals surface area contributed by atoms with Gasteiger partial charge in [0, 0.05) is 11.4 Å². The number of hydrogen-bond acceptors (Lipinski definition) is 2. The highest BCUT2D eigenvalue weighted by Gasteiger charge is 2.22. The van der Waals surface area contributed by atoms with Gasteiger partial charge >= 0.3 is 0 Å². The average molecular weight is 520 g/mol. The molecule has 0 fully saturated rings. The van der Waals surface area contributed by atoms with Crippen LogP contribution >= 0.6 is 27.5 Å². The summed E-state index contributed by atoms with van der Waals surface area (Å²) in [5.74, 6) is 0.861. The van der Waals surface area contributed by atoms with Gasteiger partial charge in [-0.2, -0.15) is 0 Å². The van der Waals surface area contributed by atoms with E-state index < -0.39 is 0 Å². The molecule has 1 aliphatic carbocycles. The molecule has 1 heterocycles. The highest BCUT2D eigenvalue weighted by molar-refractivity contribution is 9.10. The van der Waals surface area contributed by atoms with E-state index in [1.807, 2.05) is 36.4 Å². The van der Waals surface area contributed by atoms with Crippen LogP contribution in [0.15, 0.2) is 95.7 Å². The van der Waals surface area contributed by atoms with Crippen LogP contribution in [-0.2, 0) is 17.6 Å². The van der Waals surface area contributed by atoms with Gasteiger partial charge in [-0.25, -0.2) is 0 Å². The van der Waals surface area contributed by atoms with Crippen molar-refractivity contribution < 1.29 is 9.47 Å². The molecule has 0 saturated carbocycles. The van der Waals surface area contributed by atoms with Gasteiger partial charge in [-0.3, -0.25) is 0 Å². The van der Waals surface area contributed by atoms with Crippen LogP contribution in [-0.4, -0.2) is 12.7 Å². The van der Waals surface area contributed by atoms with E-state index in [1.165, 1.54) is 32.7 Å². The maximum Gasteiger partial charge on any atom is 0.134 e. The average Bonchev–Trinajstić information content (AvgIpc) is 2.86. The normalized spacial score (nSPS) is 16.6. The number of hydrogen-bond donors (Lipinski definition) is 0. The summed E-state index contributed by atoms with van der Waals surface area (Å²) in [5, 5.41) is 6.08. The molecule has 0 bridgehead atoms. The summed E-state index contributed by atoms with van der Waals surface area (Å²) in [6.45, 7) is 0.733. The number of ether oxygens (including phenoxy) is 2. The van der Waals surface area contributed by atoms with Crippen LogP contribution in [0.4, 0.5) is 0 Å². The van der Waals surface area contributed by atoms with E-state index in [0.29, 0.717) is 5.02 Å². The van der Waals surface area contributed by atoms with Crippen LogP contribution in [0.3, 0.4) is 0 Å². The van der Waals surface area contributed by atoms with Crippen LogP contribution in [0, 0.1) is 0 Å². The smallest absolute Gasteiger partial charge is 0.134 e. The van der Waals surface area contributed by atoms with Crippen molar-refractivity contribution in [3.63, 3.8) is 0 Å². The van der Waals surface area contributed by atoms with Crippen LogP contribution in [0.2, 0.25) is 5.02 Å². The standard InChI is InChI=1S/C24H18BrClO.C5H6O/c25-23-14-17(26)7-12-24(23)27-18-8-11-20-16(13-18)6-10-21-19-4-2-1-3-15(19)5-9-22(20)21;1-2-4-6-5-3-1/h1-7,9-10,12,14,18H,8,11,13H2;1-4H,5H2. The second-order valence-corrected chi connectivity index (χ2v) is 9.52. The summed E-state index contributed by atoms with van der Waals surface area (Å²) in [4.78, 5) is 0. The Bertz CT molecular complexity index is 1350. The van der Waals surface area contributed by atoms with Gasteiger partial charge in [-0.15, -0.1) is 0 Å². The van der Waals surface area contributed by atoms with Crippen molar-refractivity contribution in [2.75, 3.05) is 6.61 Å². The Labute approximate surface area is 207 Å². The molecule has 4 aromatic rings. The summed E-state index contributed by atoms with van der Waals surface area (Å²) in [6, 6.07) is 23.4. The molecule has 2 aliphatic rings. The number of halogens is 2. The minimum Gasteiger partial charge on any atom is -0.497 e. The third kappa shape index (κ3) is 4.95.